The molecule has 0 unspecified atom stereocenters. The molecule has 2 saturated heterocycles. The van der Waals surface area contributed by atoms with Crippen molar-refractivity contribution in [3.8, 4) is 0 Å². The highest BCUT2D eigenvalue weighted by molar-refractivity contribution is 4.82. The topological polar surface area (TPSA) is 32.5 Å². The van der Waals surface area contributed by atoms with Crippen LogP contribution >= 0.6 is 0 Å². The van der Waals surface area contributed by atoms with E-state index in [1.807, 2.05) is 0 Å². The van der Waals surface area contributed by atoms with Crippen LogP contribution in [0, 0.1) is 0 Å². The zero-order valence-corrected chi connectivity index (χ0v) is 8.41. The van der Waals surface area contributed by atoms with Gasteiger partial charge >= 0.3 is 0 Å². The molecular formula is C10H21N3. The van der Waals surface area contributed by atoms with Crippen molar-refractivity contribution < 1.29 is 0 Å². The highest BCUT2D eigenvalue weighted by Gasteiger charge is 2.22. The predicted molar refractivity (Wildman–Crippen MR) is 54.7 cm³/mol. The van der Waals surface area contributed by atoms with E-state index in [0.29, 0.717) is 6.04 Å². The van der Waals surface area contributed by atoms with E-state index >= 15 is 0 Å². The standard InChI is InChI=1S/C10H21N3/c11-10-8-13(9-10)7-3-6-12-4-1-2-5-12/h10H,1-9,11H2. The second-order valence-corrected chi connectivity index (χ2v) is 4.42. The monoisotopic (exact) mass is 183 g/mol. The SMILES string of the molecule is NC1CN(CCCN2CCCC2)C1. The minimum absolute atomic E-state index is 0.465. The average molecular weight is 183 g/mol. The second kappa shape index (κ2) is 4.40. The van der Waals surface area contributed by atoms with E-state index in [1.165, 1.54) is 45.4 Å². The van der Waals surface area contributed by atoms with Gasteiger partial charge in [-0.2, -0.15) is 0 Å². The Balaban J connectivity index is 1.49. The maximum atomic E-state index is 5.71. The van der Waals surface area contributed by atoms with E-state index in [1.54, 1.807) is 0 Å². The zero-order valence-electron chi connectivity index (χ0n) is 8.41. The van der Waals surface area contributed by atoms with Gasteiger partial charge in [-0.1, -0.05) is 0 Å². The van der Waals surface area contributed by atoms with Crippen molar-refractivity contribution in [2.75, 3.05) is 39.3 Å². The van der Waals surface area contributed by atoms with Crippen LogP contribution < -0.4 is 5.73 Å². The summed E-state index contributed by atoms with van der Waals surface area (Å²) in [4.78, 5) is 5.04. The minimum Gasteiger partial charge on any atom is -0.325 e. The molecule has 76 valence electrons. The van der Waals surface area contributed by atoms with Gasteiger partial charge in [0.2, 0.25) is 0 Å². The van der Waals surface area contributed by atoms with Gasteiger partial charge in [0, 0.05) is 19.1 Å². The fourth-order valence-corrected chi connectivity index (χ4v) is 2.32. The van der Waals surface area contributed by atoms with Gasteiger partial charge in [-0.05, 0) is 45.4 Å². The Morgan fingerprint density at radius 3 is 2.23 bits per heavy atom. The van der Waals surface area contributed by atoms with Crippen LogP contribution in [-0.4, -0.2) is 55.1 Å². The molecule has 0 aliphatic carbocycles. The molecule has 0 saturated carbocycles. The summed E-state index contributed by atoms with van der Waals surface area (Å²) < 4.78 is 0. The van der Waals surface area contributed by atoms with Crippen LogP contribution in [0.4, 0.5) is 0 Å². The first-order valence-electron chi connectivity index (χ1n) is 5.55. The molecule has 2 rings (SSSR count). The third-order valence-corrected chi connectivity index (χ3v) is 3.13. The van der Waals surface area contributed by atoms with Gasteiger partial charge in [-0.15, -0.1) is 0 Å². The van der Waals surface area contributed by atoms with E-state index in [4.69, 9.17) is 5.73 Å². The van der Waals surface area contributed by atoms with Crippen molar-refractivity contribution in [2.24, 2.45) is 5.73 Å². The molecule has 2 N–H and O–H groups in total. The first-order valence-corrected chi connectivity index (χ1v) is 5.55. The molecule has 0 spiro atoms. The highest BCUT2D eigenvalue weighted by Crippen LogP contribution is 2.09. The third kappa shape index (κ3) is 2.66. The van der Waals surface area contributed by atoms with Crippen LogP contribution in [0.1, 0.15) is 19.3 Å². The Morgan fingerprint density at radius 2 is 1.62 bits per heavy atom. The van der Waals surface area contributed by atoms with E-state index in [2.05, 4.69) is 9.80 Å². The molecule has 2 aliphatic rings. The van der Waals surface area contributed by atoms with Crippen molar-refractivity contribution in [1.29, 1.82) is 0 Å². The molecule has 0 radical (unpaired) electrons. The molecule has 0 aromatic heterocycles. The molecular weight excluding hydrogens is 162 g/mol. The van der Waals surface area contributed by atoms with E-state index in [0.717, 1.165) is 13.1 Å². The summed E-state index contributed by atoms with van der Waals surface area (Å²) in [5.41, 5.74) is 5.71. The number of likely N-dealkylation sites (tertiary alicyclic amines) is 2. The van der Waals surface area contributed by atoms with Crippen molar-refractivity contribution in [2.45, 2.75) is 25.3 Å². The van der Waals surface area contributed by atoms with Crippen LogP contribution in [0.25, 0.3) is 0 Å². The fraction of sp³-hybridized carbons (Fsp3) is 1.00. The molecule has 0 aromatic rings. The zero-order chi connectivity index (χ0) is 9.10. The Hall–Kier alpha value is -0.120. The van der Waals surface area contributed by atoms with Gasteiger partial charge in [0.05, 0.1) is 0 Å². The van der Waals surface area contributed by atoms with Crippen molar-refractivity contribution in [1.82, 2.24) is 9.80 Å². The van der Waals surface area contributed by atoms with Gasteiger partial charge in [-0.25, -0.2) is 0 Å². The van der Waals surface area contributed by atoms with Crippen LogP contribution in [0.2, 0.25) is 0 Å². The van der Waals surface area contributed by atoms with E-state index < -0.39 is 0 Å². The molecule has 0 atom stereocenters. The molecule has 3 nitrogen and oxygen atoms in total. The lowest BCUT2D eigenvalue weighted by atomic mass is 10.1. The summed E-state index contributed by atoms with van der Waals surface area (Å²) in [5.74, 6) is 0. The average Bonchev–Trinajstić information content (AvgIpc) is 2.53. The molecule has 13 heavy (non-hydrogen) atoms. The predicted octanol–water partition coefficient (Wildman–Crippen LogP) is 0.115. The summed E-state index contributed by atoms with van der Waals surface area (Å²) in [7, 11) is 0. The molecule has 0 aromatic carbocycles. The van der Waals surface area contributed by atoms with Crippen LogP contribution in [0.5, 0.6) is 0 Å². The molecule has 2 fully saturated rings. The number of nitrogens with two attached hydrogens (primary N) is 1. The van der Waals surface area contributed by atoms with Crippen LogP contribution in [0.3, 0.4) is 0 Å². The van der Waals surface area contributed by atoms with Crippen molar-refractivity contribution >= 4 is 0 Å². The number of rotatable bonds is 4. The molecule has 2 heterocycles. The van der Waals surface area contributed by atoms with E-state index in [9.17, 15) is 0 Å². The number of nitrogens with zero attached hydrogens (tertiary/aromatic N) is 2. The molecule has 0 amide bonds. The molecule has 0 bridgehead atoms. The maximum Gasteiger partial charge on any atom is 0.0297 e. The number of hydrogen-bond acceptors (Lipinski definition) is 3. The van der Waals surface area contributed by atoms with Gasteiger partial charge in [0.25, 0.3) is 0 Å². The van der Waals surface area contributed by atoms with Crippen molar-refractivity contribution in [3.63, 3.8) is 0 Å². The Morgan fingerprint density at radius 1 is 1.00 bits per heavy atom. The van der Waals surface area contributed by atoms with Crippen LogP contribution in [0.15, 0.2) is 0 Å². The third-order valence-electron chi connectivity index (χ3n) is 3.13. The first kappa shape index (κ1) is 9.44. The second-order valence-electron chi connectivity index (χ2n) is 4.42. The van der Waals surface area contributed by atoms with Gasteiger partial charge in [0.15, 0.2) is 0 Å². The lowest BCUT2D eigenvalue weighted by molar-refractivity contribution is 0.143. The summed E-state index contributed by atoms with van der Waals surface area (Å²) in [6, 6.07) is 0.465. The largest absolute Gasteiger partial charge is 0.325 e. The summed E-state index contributed by atoms with van der Waals surface area (Å²) in [6.45, 7) is 7.47. The first-order chi connectivity index (χ1) is 6.34. The minimum atomic E-state index is 0.465. The fourth-order valence-electron chi connectivity index (χ4n) is 2.32. The maximum absolute atomic E-state index is 5.71. The lowest BCUT2D eigenvalue weighted by Gasteiger charge is -2.37. The molecule has 2 aliphatic heterocycles. The number of hydrogen-bond donors (Lipinski definition) is 1. The smallest absolute Gasteiger partial charge is 0.0297 e. The Bertz CT molecular complexity index is 148. The van der Waals surface area contributed by atoms with Crippen molar-refractivity contribution in [3.05, 3.63) is 0 Å². The summed E-state index contributed by atoms with van der Waals surface area (Å²) in [5, 5.41) is 0. The lowest BCUT2D eigenvalue weighted by Crippen LogP contribution is -2.55. The normalized spacial score (nSPS) is 26.5. The van der Waals surface area contributed by atoms with Gasteiger partial charge in [0.1, 0.15) is 0 Å². The molecule has 3 heteroatoms. The summed E-state index contributed by atoms with van der Waals surface area (Å²) >= 11 is 0. The summed E-state index contributed by atoms with van der Waals surface area (Å²) in [6.07, 6.45) is 4.15. The Labute approximate surface area is 80.9 Å². The highest BCUT2D eigenvalue weighted by atomic mass is 15.2. The van der Waals surface area contributed by atoms with Gasteiger partial charge < -0.3 is 15.5 Å². The quantitative estimate of drug-likeness (QED) is 0.672. The van der Waals surface area contributed by atoms with Gasteiger partial charge in [-0.3, -0.25) is 0 Å². The van der Waals surface area contributed by atoms with Crippen LogP contribution in [-0.2, 0) is 0 Å². The Kier molecular flexibility index (Phi) is 3.19. The van der Waals surface area contributed by atoms with E-state index in [-0.39, 0.29) is 0 Å².